The molecule has 0 aromatic carbocycles. The molecule has 0 aromatic rings. The maximum absolute atomic E-state index is 9.04. The molecule has 0 aromatic heterocycles. The number of rotatable bonds is 4. The zero-order chi connectivity index (χ0) is 7.98. The average Bonchev–Trinajstić information content (AvgIpc) is 1.98. The molecule has 1 atom stereocenters. The molecule has 0 amide bonds. The summed E-state index contributed by atoms with van der Waals surface area (Å²) in [6, 6.07) is 0. The molecule has 0 aliphatic carbocycles. The van der Waals surface area contributed by atoms with E-state index in [0.29, 0.717) is 0 Å². The van der Waals surface area contributed by atoms with Crippen LogP contribution in [0, 0.1) is 0 Å². The fourth-order valence-corrected chi connectivity index (χ4v) is 0.352. The molecule has 0 radical (unpaired) electrons. The van der Waals surface area contributed by atoms with E-state index in [0.717, 1.165) is 6.54 Å². The van der Waals surface area contributed by atoms with Crippen LogP contribution in [0.3, 0.4) is 0 Å². The van der Waals surface area contributed by atoms with Crippen molar-refractivity contribution in [3.63, 3.8) is 0 Å². The minimum atomic E-state index is -0.929. The molecule has 4 heteroatoms. The van der Waals surface area contributed by atoms with Crippen molar-refractivity contribution in [3.8, 4) is 0 Å². The summed E-state index contributed by atoms with van der Waals surface area (Å²) in [5, 5.41) is 12.5. The molecule has 0 saturated carbocycles. The SMILES string of the molecule is CC=NOC(O)N(C)CC. The van der Waals surface area contributed by atoms with Gasteiger partial charge >= 0.3 is 0 Å². The highest BCUT2D eigenvalue weighted by Crippen LogP contribution is 1.92. The highest BCUT2D eigenvalue weighted by molar-refractivity contribution is 5.52. The van der Waals surface area contributed by atoms with Crippen LogP contribution in [-0.4, -0.2) is 36.2 Å². The number of aliphatic hydroxyl groups is 1. The van der Waals surface area contributed by atoms with Gasteiger partial charge in [-0.15, -0.1) is 0 Å². The van der Waals surface area contributed by atoms with E-state index in [1.807, 2.05) is 6.92 Å². The predicted molar refractivity (Wildman–Crippen MR) is 39.6 cm³/mol. The van der Waals surface area contributed by atoms with Crippen LogP contribution in [0.25, 0.3) is 0 Å². The highest BCUT2D eigenvalue weighted by atomic mass is 16.7. The third kappa shape index (κ3) is 3.42. The molecule has 0 spiro atoms. The fourth-order valence-electron chi connectivity index (χ4n) is 0.352. The first-order chi connectivity index (χ1) is 4.72. The number of oxime groups is 1. The van der Waals surface area contributed by atoms with E-state index < -0.39 is 6.41 Å². The summed E-state index contributed by atoms with van der Waals surface area (Å²) in [5.74, 6) is 0. The molecule has 10 heavy (non-hydrogen) atoms. The lowest BCUT2D eigenvalue weighted by Gasteiger charge is -2.18. The minimum Gasteiger partial charge on any atom is -0.347 e. The van der Waals surface area contributed by atoms with Crippen molar-refractivity contribution in [2.75, 3.05) is 13.6 Å². The van der Waals surface area contributed by atoms with E-state index in [4.69, 9.17) is 5.11 Å². The third-order valence-corrected chi connectivity index (χ3v) is 1.14. The Kier molecular flexibility index (Phi) is 4.88. The van der Waals surface area contributed by atoms with Crippen molar-refractivity contribution < 1.29 is 9.94 Å². The van der Waals surface area contributed by atoms with Crippen LogP contribution in [0.1, 0.15) is 13.8 Å². The summed E-state index contributed by atoms with van der Waals surface area (Å²) in [4.78, 5) is 6.21. The third-order valence-electron chi connectivity index (χ3n) is 1.14. The molecule has 0 aliphatic heterocycles. The van der Waals surface area contributed by atoms with E-state index in [-0.39, 0.29) is 0 Å². The maximum Gasteiger partial charge on any atom is 0.284 e. The van der Waals surface area contributed by atoms with Gasteiger partial charge in [-0.25, -0.2) is 4.90 Å². The Labute approximate surface area is 61.1 Å². The largest absolute Gasteiger partial charge is 0.347 e. The molecule has 0 bridgehead atoms. The molecular formula is C6H14N2O2. The van der Waals surface area contributed by atoms with Crippen LogP contribution in [0.4, 0.5) is 0 Å². The summed E-state index contributed by atoms with van der Waals surface area (Å²) >= 11 is 0. The molecule has 1 unspecified atom stereocenters. The molecule has 0 aliphatic rings. The van der Waals surface area contributed by atoms with Crippen molar-refractivity contribution >= 4 is 6.21 Å². The lowest BCUT2D eigenvalue weighted by atomic mass is 10.7. The smallest absolute Gasteiger partial charge is 0.284 e. The lowest BCUT2D eigenvalue weighted by molar-refractivity contribution is -0.183. The Bertz CT molecular complexity index is 106. The van der Waals surface area contributed by atoms with E-state index in [1.54, 1.807) is 18.9 Å². The summed E-state index contributed by atoms with van der Waals surface area (Å²) in [6.45, 7) is 4.36. The van der Waals surface area contributed by atoms with E-state index in [2.05, 4.69) is 9.99 Å². The van der Waals surface area contributed by atoms with Gasteiger partial charge in [-0.2, -0.15) is 0 Å². The first-order valence-electron chi connectivity index (χ1n) is 3.24. The maximum atomic E-state index is 9.04. The second-order valence-corrected chi connectivity index (χ2v) is 1.87. The Balaban J connectivity index is 3.50. The van der Waals surface area contributed by atoms with E-state index >= 15 is 0 Å². The quantitative estimate of drug-likeness (QED) is 0.351. The number of hydrogen-bond donors (Lipinski definition) is 1. The molecule has 0 rings (SSSR count). The summed E-state index contributed by atoms with van der Waals surface area (Å²) in [6.07, 6.45) is 0.549. The van der Waals surface area contributed by atoms with E-state index in [1.165, 1.54) is 6.21 Å². The average molecular weight is 146 g/mol. The predicted octanol–water partition coefficient (Wildman–Crippen LogP) is 0.236. The highest BCUT2D eigenvalue weighted by Gasteiger charge is 2.07. The van der Waals surface area contributed by atoms with Gasteiger partial charge < -0.3 is 9.94 Å². The van der Waals surface area contributed by atoms with Crippen LogP contribution < -0.4 is 0 Å². The Morgan fingerprint density at radius 3 is 2.80 bits per heavy atom. The van der Waals surface area contributed by atoms with Crippen molar-refractivity contribution in [2.45, 2.75) is 20.3 Å². The Hall–Kier alpha value is -0.610. The fraction of sp³-hybridized carbons (Fsp3) is 0.833. The van der Waals surface area contributed by atoms with Gasteiger partial charge in [-0.3, -0.25) is 0 Å². The van der Waals surface area contributed by atoms with Crippen molar-refractivity contribution in [1.82, 2.24) is 4.90 Å². The lowest BCUT2D eigenvalue weighted by Crippen LogP contribution is -2.32. The van der Waals surface area contributed by atoms with Gasteiger partial charge in [-0.1, -0.05) is 12.1 Å². The number of hydrogen-bond acceptors (Lipinski definition) is 4. The first-order valence-corrected chi connectivity index (χ1v) is 3.24. The Morgan fingerprint density at radius 1 is 1.80 bits per heavy atom. The van der Waals surface area contributed by atoms with E-state index in [9.17, 15) is 0 Å². The van der Waals surface area contributed by atoms with Gasteiger partial charge in [-0.05, 0) is 14.0 Å². The Morgan fingerprint density at radius 2 is 2.40 bits per heavy atom. The normalized spacial score (nSPS) is 14.5. The van der Waals surface area contributed by atoms with Gasteiger partial charge in [0.25, 0.3) is 6.41 Å². The molecule has 0 fully saturated rings. The van der Waals surface area contributed by atoms with Gasteiger partial charge in [0.05, 0.1) is 0 Å². The minimum absolute atomic E-state index is 0.723. The van der Waals surface area contributed by atoms with Gasteiger partial charge in [0.15, 0.2) is 0 Å². The molecular weight excluding hydrogens is 132 g/mol. The van der Waals surface area contributed by atoms with Gasteiger partial charge in [0.1, 0.15) is 0 Å². The summed E-state index contributed by atoms with van der Waals surface area (Å²) in [7, 11) is 1.75. The second kappa shape index (κ2) is 5.20. The van der Waals surface area contributed by atoms with Crippen molar-refractivity contribution in [1.29, 1.82) is 0 Å². The monoisotopic (exact) mass is 146 g/mol. The van der Waals surface area contributed by atoms with Crippen LogP contribution in [0.5, 0.6) is 0 Å². The van der Waals surface area contributed by atoms with Crippen LogP contribution in [0.15, 0.2) is 5.16 Å². The zero-order valence-electron chi connectivity index (χ0n) is 6.61. The second-order valence-electron chi connectivity index (χ2n) is 1.87. The summed E-state index contributed by atoms with van der Waals surface area (Å²) < 4.78 is 0. The van der Waals surface area contributed by atoms with Crippen LogP contribution >= 0.6 is 0 Å². The van der Waals surface area contributed by atoms with Crippen LogP contribution in [0.2, 0.25) is 0 Å². The molecule has 0 saturated heterocycles. The van der Waals surface area contributed by atoms with Crippen molar-refractivity contribution in [2.24, 2.45) is 5.16 Å². The van der Waals surface area contributed by atoms with Gasteiger partial charge in [0.2, 0.25) is 0 Å². The molecule has 1 N–H and O–H groups in total. The summed E-state index contributed by atoms with van der Waals surface area (Å²) in [5.41, 5.74) is 0. The van der Waals surface area contributed by atoms with Gasteiger partial charge in [0, 0.05) is 12.8 Å². The van der Waals surface area contributed by atoms with Crippen LogP contribution in [-0.2, 0) is 4.84 Å². The standard InChI is InChI=1S/C6H14N2O2/c1-4-7-10-6(9)8(3)5-2/h4,6,9H,5H2,1-3H3. The topological polar surface area (TPSA) is 45.1 Å². The first kappa shape index (κ1) is 9.39. The molecule has 0 heterocycles. The molecule has 4 nitrogen and oxygen atoms in total. The number of aliphatic hydroxyl groups excluding tert-OH is 1. The number of nitrogens with zero attached hydrogens (tertiary/aromatic N) is 2. The molecule has 60 valence electrons. The van der Waals surface area contributed by atoms with Crippen molar-refractivity contribution in [3.05, 3.63) is 0 Å². The zero-order valence-corrected chi connectivity index (χ0v) is 6.61.